The van der Waals surface area contributed by atoms with Crippen LogP contribution in [0.1, 0.15) is 25.6 Å². The normalized spacial score (nSPS) is 26.1. The fourth-order valence-corrected chi connectivity index (χ4v) is 1.96. The van der Waals surface area contributed by atoms with Gasteiger partial charge in [0.05, 0.1) is 6.10 Å². The van der Waals surface area contributed by atoms with Gasteiger partial charge in [-0.25, -0.2) is 0 Å². The zero-order valence-electron chi connectivity index (χ0n) is 8.81. The molecule has 1 aromatic rings. The third-order valence-corrected chi connectivity index (χ3v) is 2.87. The summed E-state index contributed by atoms with van der Waals surface area (Å²) in [6.07, 6.45) is 5.66. The number of aromatic nitrogens is 3. The summed E-state index contributed by atoms with van der Waals surface area (Å²) in [6, 6.07) is 0. The first-order chi connectivity index (χ1) is 6.79. The lowest BCUT2D eigenvalue weighted by Gasteiger charge is -2.34. The molecule has 0 saturated heterocycles. The van der Waals surface area contributed by atoms with Gasteiger partial charge in [-0.15, -0.1) is 10.2 Å². The first-order valence-corrected chi connectivity index (χ1v) is 5.24. The predicted octanol–water partition coefficient (Wildman–Crippen LogP) is 1.17. The molecule has 4 nitrogen and oxygen atoms in total. The lowest BCUT2D eigenvalue weighted by Crippen LogP contribution is -2.33. The van der Waals surface area contributed by atoms with E-state index in [2.05, 4.69) is 17.1 Å². The Labute approximate surface area is 84.3 Å². The van der Waals surface area contributed by atoms with Crippen molar-refractivity contribution < 1.29 is 4.74 Å². The molecule has 0 aliphatic heterocycles. The first kappa shape index (κ1) is 9.65. The zero-order chi connectivity index (χ0) is 9.97. The van der Waals surface area contributed by atoms with Crippen LogP contribution in [-0.2, 0) is 18.2 Å². The van der Waals surface area contributed by atoms with Crippen LogP contribution in [0.5, 0.6) is 0 Å². The fraction of sp³-hybridized carbons (Fsp3) is 0.800. The third kappa shape index (κ3) is 1.95. The lowest BCUT2D eigenvalue weighted by atomic mass is 9.80. The van der Waals surface area contributed by atoms with Crippen LogP contribution in [0.15, 0.2) is 6.33 Å². The Morgan fingerprint density at radius 1 is 1.57 bits per heavy atom. The number of hydrogen-bond acceptors (Lipinski definition) is 3. The van der Waals surface area contributed by atoms with Crippen LogP contribution in [0.25, 0.3) is 0 Å². The van der Waals surface area contributed by atoms with Crippen molar-refractivity contribution >= 4 is 0 Å². The van der Waals surface area contributed by atoms with Gasteiger partial charge in [0.2, 0.25) is 0 Å². The van der Waals surface area contributed by atoms with Crippen LogP contribution in [0, 0.1) is 5.92 Å². The maximum atomic E-state index is 5.51. The Balaban J connectivity index is 1.77. The maximum absolute atomic E-state index is 5.51. The molecule has 0 aromatic carbocycles. The minimum atomic E-state index is 0.498. The van der Waals surface area contributed by atoms with Gasteiger partial charge in [0.1, 0.15) is 12.2 Å². The second-order valence-corrected chi connectivity index (χ2v) is 3.98. The van der Waals surface area contributed by atoms with Gasteiger partial charge in [-0.05, 0) is 25.7 Å². The van der Waals surface area contributed by atoms with Crippen LogP contribution in [0.2, 0.25) is 0 Å². The summed E-state index contributed by atoms with van der Waals surface area (Å²) in [7, 11) is 1.99. The minimum Gasteiger partial charge on any atom is -0.378 e. The molecule has 0 radical (unpaired) electrons. The third-order valence-electron chi connectivity index (χ3n) is 2.87. The molecule has 1 aromatic heterocycles. The first-order valence-electron chi connectivity index (χ1n) is 5.24. The molecule has 0 atom stereocenters. The quantitative estimate of drug-likeness (QED) is 0.724. The average molecular weight is 195 g/mol. The molecule has 1 heterocycles. The largest absolute Gasteiger partial charge is 0.378 e. The van der Waals surface area contributed by atoms with Crippen molar-refractivity contribution in [3.8, 4) is 0 Å². The SMILES string of the molecule is CCOC1CC(Cc2nncn2C)C1. The van der Waals surface area contributed by atoms with Crippen molar-refractivity contribution in [1.29, 1.82) is 0 Å². The zero-order valence-corrected chi connectivity index (χ0v) is 8.81. The molecule has 1 fully saturated rings. The smallest absolute Gasteiger partial charge is 0.132 e. The summed E-state index contributed by atoms with van der Waals surface area (Å²) in [5, 5.41) is 7.95. The van der Waals surface area contributed by atoms with E-state index in [-0.39, 0.29) is 0 Å². The summed E-state index contributed by atoms with van der Waals surface area (Å²) in [5.74, 6) is 1.83. The minimum absolute atomic E-state index is 0.498. The Morgan fingerprint density at radius 3 is 2.93 bits per heavy atom. The molecule has 4 heteroatoms. The fourth-order valence-electron chi connectivity index (χ4n) is 1.96. The standard InChI is InChI=1S/C10H17N3O/c1-3-14-9-4-8(5-9)6-10-12-11-7-13(10)2/h7-9H,3-6H2,1-2H3. The van der Waals surface area contributed by atoms with Gasteiger partial charge in [-0.2, -0.15) is 0 Å². The number of rotatable bonds is 4. The van der Waals surface area contributed by atoms with Crippen LogP contribution < -0.4 is 0 Å². The molecule has 0 amide bonds. The molecule has 0 spiro atoms. The molecule has 0 bridgehead atoms. The summed E-state index contributed by atoms with van der Waals surface area (Å²) < 4.78 is 7.51. The maximum Gasteiger partial charge on any atom is 0.132 e. The van der Waals surface area contributed by atoms with E-state index in [1.807, 2.05) is 11.6 Å². The average Bonchev–Trinajstić information content (AvgIpc) is 2.48. The number of ether oxygens (including phenoxy) is 1. The van der Waals surface area contributed by atoms with Gasteiger partial charge in [-0.1, -0.05) is 0 Å². The van der Waals surface area contributed by atoms with E-state index < -0.39 is 0 Å². The molecule has 0 unspecified atom stereocenters. The van der Waals surface area contributed by atoms with Crippen molar-refractivity contribution in [2.24, 2.45) is 13.0 Å². The second kappa shape index (κ2) is 4.09. The highest BCUT2D eigenvalue weighted by Crippen LogP contribution is 2.32. The van der Waals surface area contributed by atoms with Crippen LogP contribution in [0.3, 0.4) is 0 Å². The highest BCUT2D eigenvalue weighted by Gasteiger charge is 2.30. The Kier molecular flexibility index (Phi) is 2.82. The second-order valence-electron chi connectivity index (χ2n) is 3.98. The van der Waals surface area contributed by atoms with Crippen LogP contribution in [-0.4, -0.2) is 27.5 Å². The van der Waals surface area contributed by atoms with E-state index in [4.69, 9.17) is 4.74 Å². The van der Waals surface area contributed by atoms with E-state index in [1.54, 1.807) is 6.33 Å². The summed E-state index contributed by atoms with van der Waals surface area (Å²) in [5.41, 5.74) is 0. The van der Waals surface area contributed by atoms with Gasteiger partial charge < -0.3 is 9.30 Å². The summed E-state index contributed by atoms with van der Waals surface area (Å²) in [4.78, 5) is 0. The molecule has 78 valence electrons. The van der Waals surface area contributed by atoms with Crippen molar-refractivity contribution in [3.63, 3.8) is 0 Å². The van der Waals surface area contributed by atoms with E-state index in [0.717, 1.165) is 24.8 Å². The number of hydrogen-bond donors (Lipinski definition) is 0. The van der Waals surface area contributed by atoms with Gasteiger partial charge >= 0.3 is 0 Å². The Morgan fingerprint density at radius 2 is 2.36 bits per heavy atom. The molecule has 14 heavy (non-hydrogen) atoms. The molecule has 1 aliphatic rings. The van der Waals surface area contributed by atoms with Crippen LogP contribution >= 0.6 is 0 Å². The van der Waals surface area contributed by atoms with Crippen LogP contribution in [0.4, 0.5) is 0 Å². The molecule has 1 saturated carbocycles. The number of nitrogens with zero attached hydrogens (tertiary/aromatic N) is 3. The van der Waals surface area contributed by atoms with E-state index >= 15 is 0 Å². The highest BCUT2D eigenvalue weighted by molar-refractivity contribution is 4.92. The summed E-state index contributed by atoms with van der Waals surface area (Å²) in [6.45, 7) is 2.89. The summed E-state index contributed by atoms with van der Waals surface area (Å²) >= 11 is 0. The Bertz CT molecular complexity index is 291. The highest BCUT2D eigenvalue weighted by atomic mass is 16.5. The van der Waals surface area contributed by atoms with E-state index in [9.17, 15) is 0 Å². The Hall–Kier alpha value is -0.900. The monoisotopic (exact) mass is 195 g/mol. The van der Waals surface area contributed by atoms with Gasteiger partial charge in [0.25, 0.3) is 0 Å². The molecular formula is C10H17N3O. The van der Waals surface area contributed by atoms with Crippen molar-refractivity contribution in [3.05, 3.63) is 12.2 Å². The van der Waals surface area contributed by atoms with Crippen molar-refractivity contribution in [2.45, 2.75) is 32.3 Å². The van der Waals surface area contributed by atoms with Crippen molar-refractivity contribution in [1.82, 2.24) is 14.8 Å². The molecular weight excluding hydrogens is 178 g/mol. The van der Waals surface area contributed by atoms with E-state index in [0.29, 0.717) is 6.10 Å². The topological polar surface area (TPSA) is 39.9 Å². The predicted molar refractivity (Wildman–Crippen MR) is 52.8 cm³/mol. The molecule has 0 N–H and O–H groups in total. The van der Waals surface area contributed by atoms with Gasteiger partial charge in [0.15, 0.2) is 0 Å². The van der Waals surface area contributed by atoms with E-state index in [1.165, 1.54) is 12.8 Å². The number of aryl methyl sites for hydroxylation is 1. The van der Waals surface area contributed by atoms with Gasteiger partial charge in [0, 0.05) is 20.1 Å². The lowest BCUT2D eigenvalue weighted by molar-refractivity contribution is -0.0247. The molecule has 1 aliphatic carbocycles. The van der Waals surface area contributed by atoms with Gasteiger partial charge in [-0.3, -0.25) is 0 Å². The van der Waals surface area contributed by atoms with Crippen molar-refractivity contribution in [2.75, 3.05) is 6.61 Å². The molecule has 2 rings (SSSR count).